The first-order chi connectivity index (χ1) is 8.51. The summed E-state index contributed by atoms with van der Waals surface area (Å²) in [6.07, 6.45) is -2.61. The number of nitrogens with zero attached hydrogens (tertiary/aromatic N) is 1. The first-order valence-corrected chi connectivity index (χ1v) is 5.30. The van der Waals surface area contributed by atoms with Gasteiger partial charge in [0, 0.05) is 24.3 Å². The Kier molecular flexibility index (Phi) is 5.02. The van der Waals surface area contributed by atoms with Crippen LogP contribution in [0.25, 0.3) is 0 Å². The summed E-state index contributed by atoms with van der Waals surface area (Å²) in [7, 11) is 1.36. The number of methoxy groups -OCH3 is 1. The highest BCUT2D eigenvalue weighted by Crippen LogP contribution is 2.31. The summed E-state index contributed by atoms with van der Waals surface area (Å²) in [6, 6.07) is 3.74. The molecule has 1 aromatic rings. The van der Waals surface area contributed by atoms with Crippen LogP contribution in [0.3, 0.4) is 0 Å². The van der Waals surface area contributed by atoms with Crippen LogP contribution in [-0.4, -0.2) is 40.1 Å². The fraction of sp³-hybridized carbons (Fsp3) is 0.455. The summed E-state index contributed by atoms with van der Waals surface area (Å²) >= 11 is 0. The number of non-ortho nitro benzene ring substituents is 1. The lowest BCUT2D eigenvalue weighted by atomic mass is 10.0. The predicted molar refractivity (Wildman–Crippen MR) is 62.3 cm³/mol. The minimum Gasteiger partial charge on any atom is -0.496 e. The van der Waals surface area contributed by atoms with E-state index in [9.17, 15) is 20.3 Å². The van der Waals surface area contributed by atoms with Crippen molar-refractivity contribution in [2.45, 2.75) is 18.6 Å². The van der Waals surface area contributed by atoms with Crippen LogP contribution in [0.2, 0.25) is 0 Å². The average Bonchev–Trinajstić information content (AvgIpc) is 2.37. The number of hydrogen-bond acceptors (Lipinski definition) is 6. The van der Waals surface area contributed by atoms with Gasteiger partial charge in [0.25, 0.3) is 5.69 Å². The lowest BCUT2D eigenvalue weighted by molar-refractivity contribution is -0.385. The van der Waals surface area contributed by atoms with Gasteiger partial charge in [0.15, 0.2) is 0 Å². The predicted octanol–water partition coefficient (Wildman–Crippen LogP) is 0.380. The summed E-state index contributed by atoms with van der Waals surface area (Å²) in [5, 5.41) is 38.8. The Morgan fingerprint density at radius 1 is 1.44 bits per heavy atom. The van der Waals surface area contributed by atoms with Gasteiger partial charge >= 0.3 is 0 Å². The normalized spacial score (nSPS) is 14.0. The molecule has 3 N–H and O–H groups in total. The first-order valence-electron chi connectivity index (χ1n) is 5.30. The molecule has 1 aromatic carbocycles. The van der Waals surface area contributed by atoms with E-state index in [0.29, 0.717) is 0 Å². The van der Waals surface area contributed by atoms with Crippen molar-refractivity contribution in [1.82, 2.24) is 0 Å². The molecule has 0 bridgehead atoms. The second-order valence-corrected chi connectivity index (χ2v) is 3.71. The molecule has 0 heterocycles. The Morgan fingerprint density at radius 3 is 2.61 bits per heavy atom. The summed E-state index contributed by atoms with van der Waals surface area (Å²) < 4.78 is 4.97. The van der Waals surface area contributed by atoms with Gasteiger partial charge in [0.2, 0.25) is 0 Å². The zero-order valence-corrected chi connectivity index (χ0v) is 9.81. The third-order valence-electron chi connectivity index (χ3n) is 2.53. The first kappa shape index (κ1) is 14.4. The molecule has 7 nitrogen and oxygen atoms in total. The number of ether oxygens (including phenoxy) is 1. The SMILES string of the molecule is COc1ccc([N+](=O)[O-])cc1C(O)C(O)CCO. The van der Waals surface area contributed by atoms with Crippen molar-refractivity contribution in [2.75, 3.05) is 13.7 Å². The number of benzene rings is 1. The number of nitro groups is 1. The highest BCUT2D eigenvalue weighted by molar-refractivity contribution is 5.45. The molecule has 0 saturated carbocycles. The maximum absolute atomic E-state index is 10.7. The number of rotatable bonds is 6. The Hall–Kier alpha value is -1.70. The summed E-state index contributed by atoms with van der Waals surface area (Å²) in [6.45, 7) is -0.296. The summed E-state index contributed by atoms with van der Waals surface area (Å²) in [5.41, 5.74) is -0.0892. The monoisotopic (exact) mass is 257 g/mol. The fourth-order valence-electron chi connectivity index (χ4n) is 1.56. The molecular formula is C11H15NO6. The second kappa shape index (κ2) is 6.29. The molecule has 0 aliphatic rings. The Balaban J connectivity index is 3.10. The highest BCUT2D eigenvalue weighted by Gasteiger charge is 2.23. The van der Waals surface area contributed by atoms with Crippen molar-refractivity contribution in [1.29, 1.82) is 0 Å². The van der Waals surface area contributed by atoms with Gasteiger partial charge in [0.1, 0.15) is 11.9 Å². The van der Waals surface area contributed by atoms with Crippen LogP contribution in [0.15, 0.2) is 18.2 Å². The second-order valence-electron chi connectivity index (χ2n) is 3.71. The molecule has 2 atom stereocenters. The van der Waals surface area contributed by atoms with Crippen LogP contribution >= 0.6 is 0 Å². The highest BCUT2D eigenvalue weighted by atomic mass is 16.6. The zero-order valence-electron chi connectivity index (χ0n) is 9.81. The van der Waals surface area contributed by atoms with E-state index in [0.717, 1.165) is 6.07 Å². The summed E-state index contributed by atoms with van der Waals surface area (Å²) in [4.78, 5) is 10.0. The molecule has 0 fully saturated rings. The molecule has 0 spiro atoms. The van der Waals surface area contributed by atoms with Crippen molar-refractivity contribution in [3.05, 3.63) is 33.9 Å². The van der Waals surface area contributed by atoms with Crippen LogP contribution in [0.4, 0.5) is 5.69 Å². The third kappa shape index (κ3) is 3.16. The van der Waals surface area contributed by atoms with E-state index in [1.807, 2.05) is 0 Å². The van der Waals surface area contributed by atoms with Crippen molar-refractivity contribution in [2.24, 2.45) is 0 Å². The van der Waals surface area contributed by atoms with Gasteiger partial charge in [-0.25, -0.2) is 0 Å². The fourth-order valence-corrected chi connectivity index (χ4v) is 1.56. The van der Waals surface area contributed by atoms with Gasteiger partial charge in [0.05, 0.1) is 18.1 Å². The Morgan fingerprint density at radius 2 is 2.11 bits per heavy atom. The smallest absolute Gasteiger partial charge is 0.270 e. The lowest BCUT2D eigenvalue weighted by Gasteiger charge is -2.19. The molecule has 100 valence electrons. The van der Waals surface area contributed by atoms with E-state index in [4.69, 9.17) is 9.84 Å². The van der Waals surface area contributed by atoms with Gasteiger partial charge in [-0.3, -0.25) is 10.1 Å². The van der Waals surface area contributed by atoms with Crippen molar-refractivity contribution in [3.8, 4) is 5.75 Å². The largest absolute Gasteiger partial charge is 0.496 e. The number of hydrogen-bond donors (Lipinski definition) is 3. The topological polar surface area (TPSA) is 113 Å². The van der Waals surface area contributed by atoms with E-state index in [1.165, 1.54) is 19.2 Å². The molecular weight excluding hydrogens is 242 g/mol. The van der Waals surface area contributed by atoms with Crippen molar-refractivity contribution >= 4 is 5.69 Å². The van der Waals surface area contributed by atoms with E-state index in [1.54, 1.807) is 0 Å². The molecule has 0 aliphatic heterocycles. The Labute approximate surface area is 103 Å². The van der Waals surface area contributed by atoms with Crippen molar-refractivity contribution in [3.63, 3.8) is 0 Å². The van der Waals surface area contributed by atoms with Gasteiger partial charge < -0.3 is 20.1 Å². The molecule has 18 heavy (non-hydrogen) atoms. The van der Waals surface area contributed by atoms with E-state index < -0.39 is 17.1 Å². The van der Waals surface area contributed by atoms with Gasteiger partial charge in [-0.2, -0.15) is 0 Å². The molecule has 0 aromatic heterocycles. The van der Waals surface area contributed by atoms with Gasteiger partial charge in [-0.1, -0.05) is 0 Å². The molecule has 2 unspecified atom stereocenters. The maximum atomic E-state index is 10.7. The Bertz CT molecular complexity index is 422. The third-order valence-corrected chi connectivity index (χ3v) is 2.53. The maximum Gasteiger partial charge on any atom is 0.270 e. The molecule has 1 rings (SSSR count). The molecule has 0 radical (unpaired) electrons. The van der Waals surface area contributed by atoms with Crippen LogP contribution < -0.4 is 4.74 Å². The molecule has 0 aliphatic carbocycles. The zero-order chi connectivity index (χ0) is 13.7. The van der Waals surface area contributed by atoms with Crippen LogP contribution in [-0.2, 0) is 0 Å². The van der Waals surface area contributed by atoms with E-state index in [2.05, 4.69) is 0 Å². The molecule has 7 heteroatoms. The average molecular weight is 257 g/mol. The minimum atomic E-state index is -1.35. The number of nitro benzene ring substituents is 1. The van der Waals surface area contributed by atoms with E-state index >= 15 is 0 Å². The van der Waals surface area contributed by atoms with E-state index in [-0.39, 0.29) is 30.0 Å². The van der Waals surface area contributed by atoms with Crippen LogP contribution in [0.1, 0.15) is 18.1 Å². The number of aliphatic hydroxyl groups is 3. The molecule has 0 amide bonds. The lowest BCUT2D eigenvalue weighted by Crippen LogP contribution is -2.20. The standard InChI is InChI=1S/C11H15NO6/c1-18-10-3-2-7(12(16)17)6-8(10)11(15)9(14)4-5-13/h2-3,6,9,11,13-15H,4-5H2,1H3. The van der Waals surface area contributed by atoms with Gasteiger partial charge in [-0.05, 0) is 12.5 Å². The minimum absolute atomic E-state index is 0.0347. The molecule has 0 saturated heterocycles. The van der Waals surface area contributed by atoms with Crippen LogP contribution in [0, 0.1) is 10.1 Å². The quantitative estimate of drug-likeness (QED) is 0.501. The van der Waals surface area contributed by atoms with Crippen molar-refractivity contribution < 1.29 is 25.0 Å². The summed E-state index contributed by atoms with van der Waals surface area (Å²) in [5.74, 6) is 0.241. The number of aliphatic hydroxyl groups excluding tert-OH is 3. The van der Waals surface area contributed by atoms with Gasteiger partial charge in [-0.15, -0.1) is 0 Å². The van der Waals surface area contributed by atoms with Crippen LogP contribution in [0.5, 0.6) is 5.75 Å².